The fourth-order valence-electron chi connectivity index (χ4n) is 1.59. The van der Waals surface area contributed by atoms with Gasteiger partial charge in [0.05, 0.1) is 11.2 Å². The van der Waals surface area contributed by atoms with Crippen LogP contribution in [0, 0.1) is 0 Å². The summed E-state index contributed by atoms with van der Waals surface area (Å²) in [5.74, 6) is 0.536. The second-order valence-corrected chi connectivity index (χ2v) is 5.60. The van der Waals surface area contributed by atoms with Gasteiger partial charge in [0.15, 0.2) is 0 Å². The first-order valence-electron chi connectivity index (χ1n) is 5.98. The van der Waals surface area contributed by atoms with Crippen molar-refractivity contribution in [3.05, 3.63) is 24.5 Å². The minimum absolute atomic E-state index is 0.242. The Morgan fingerprint density at radius 2 is 2.05 bits per heavy atom. The molecule has 0 fully saturated rings. The average Bonchev–Trinajstić information content (AvgIpc) is 2.79. The van der Waals surface area contributed by atoms with Crippen LogP contribution in [0.5, 0.6) is 0 Å². The van der Waals surface area contributed by atoms with Gasteiger partial charge in [-0.2, -0.15) is 4.37 Å². The summed E-state index contributed by atoms with van der Waals surface area (Å²) in [5, 5.41) is 4.31. The largest absolute Gasteiger partial charge is 0.382 e. The molecule has 2 heterocycles. The second kappa shape index (κ2) is 5.54. The number of hydrogen-bond donors (Lipinski definition) is 2. The average molecular weight is 278 g/mol. The molecule has 0 radical (unpaired) electrons. The van der Waals surface area contributed by atoms with E-state index in [9.17, 15) is 0 Å². The van der Waals surface area contributed by atoms with E-state index >= 15 is 0 Å². The summed E-state index contributed by atoms with van der Waals surface area (Å²) in [6.45, 7) is 4.73. The fraction of sp³-hybridized carbons (Fsp3) is 0.385. The van der Waals surface area contributed by atoms with Gasteiger partial charge >= 0.3 is 0 Å². The number of methoxy groups -OCH3 is 1. The topological polar surface area (TPSA) is 73.1 Å². The lowest BCUT2D eigenvalue weighted by Gasteiger charge is -2.23. The second-order valence-electron chi connectivity index (χ2n) is 4.83. The van der Waals surface area contributed by atoms with Crippen LogP contribution in [-0.4, -0.2) is 28.6 Å². The third kappa shape index (κ3) is 3.21. The highest BCUT2D eigenvalue weighted by Crippen LogP contribution is 2.36. The number of nitrogens with two attached hydrogens (primary N) is 1. The molecule has 5 nitrogen and oxygen atoms in total. The number of nitrogen functional groups attached to an aromatic ring is 1. The van der Waals surface area contributed by atoms with Gasteiger partial charge in [0.25, 0.3) is 0 Å². The molecule has 0 unspecified atom stereocenters. The van der Waals surface area contributed by atoms with Crippen LogP contribution in [0.1, 0.15) is 13.8 Å². The molecule has 102 valence electrons. The van der Waals surface area contributed by atoms with E-state index in [1.165, 1.54) is 11.5 Å². The lowest BCUT2D eigenvalue weighted by Crippen LogP contribution is -2.31. The highest BCUT2D eigenvalue weighted by Gasteiger charge is 2.19. The molecule has 6 heteroatoms. The Kier molecular flexibility index (Phi) is 4.01. The quantitative estimate of drug-likeness (QED) is 0.879. The van der Waals surface area contributed by atoms with Crippen LogP contribution in [0.15, 0.2) is 24.5 Å². The third-order valence-corrected chi connectivity index (χ3v) is 3.73. The standard InChI is InChI=1S/C13H18N4OS/c1-13(2,18-3)8-16-12-10(11(14)17-19-12)9-4-6-15-7-5-9/h4-7,16H,8H2,1-3H3,(H2,14,17). The molecule has 2 aromatic heterocycles. The monoisotopic (exact) mass is 278 g/mol. The van der Waals surface area contributed by atoms with E-state index in [1.54, 1.807) is 19.5 Å². The Morgan fingerprint density at radius 1 is 1.37 bits per heavy atom. The number of anilines is 2. The van der Waals surface area contributed by atoms with Crippen molar-refractivity contribution in [2.75, 3.05) is 24.7 Å². The van der Waals surface area contributed by atoms with E-state index in [2.05, 4.69) is 14.7 Å². The zero-order chi connectivity index (χ0) is 13.9. The summed E-state index contributed by atoms with van der Waals surface area (Å²) in [6.07, 6.45) is 3.49. The lowest BCUT2D eigenvalue weighted by molar-refractivity contribution is 0.0344. The first-order valence-corrected chi connectivity index (χ1v) is 6.75. The van der Waals surface area contributed by atoms with Gasteiger partial charge in [0.1, 0.15) is 10.8 Å². The predicted molar refractivity (Wildman–Crippen MR) is 79.3 cm³/mol. The van der Waals surface area contributed by atoms with E-state index in [0.717, 1.165) is 16.1 Å². The van der Waals surface area contributed by atoms with Crippen molar-refractivity contribution >= 4 is 22.4 Å². The molecule has 0 aromatic carbocycles. The van der Waals surface area contributed by atoms with Crippen molar-refractivity contribution in [3.63, 3.8) is 0 Å². The zero-order valence-corrected chi connectivity index (χ0v) is 12.1. The molecule has 2 rings (SSSR count). The summed E-state index contributed by atoms with van der Waals surface area (Å²) < 4.78 is 9.61. The molecule has 0 atom stereocenters. The molecule has 0 aliphatic heterocycles. The highest BCUT2D eigenvalue weighted by atomic mass is 32.1. The van der Waals surface area contributed by atoms with Gasteiger partial charge in [-0.3, -0.25) is 4.98 Å². The Labute approximate surface area is 117 Å². The number of aromatic nitrogens is 2. The Balaban J connectivity index is 2.24. The van der Waals surface area contributed by atoms with E-state index < -0.39 is 0 Å². The minimum Gasteiger partial charge on any atom is -0.382 e. The lowest BCUT2D eigenvalue weighted by atomic mass is 10.1. The molecular weight excluding hydrogens is 260 g/mol. The van der Waals surface area contributed by atoms with Gasteiger partial charge in [-0.05, 0) is 43.1 Å². The highest BCUT2D eigenvalue weighted by molar-refractivity contribution is 7.11. The van der Waals surface area contributed by atoms with Gasteiger partial charge in [0, 0.05) is 26.0 Å². The number of nitrogens with zero attached hydrogens (tertiary/aromatic N) is 2. The van der Waals surface area contributed by atoms with E-state index in [-0.39, 0.29) is 5.60 Å². The minimum atomic E-state index is -0.242. The Hall–Kier alpha value is -1.66. The van der Waals surface area contributed by atoms with E-state index in [0.29, 0.717) is 12.4 Å². The Bertz CT molecular complexity index is 539. The predicted octanol–water partition coefficient (Wildman–Crippen LogP) is 2.62. The number of pyridine rings is 1. The molecule has 0 saturated heterocycles. The first kappa shape index (κ1) is 13.8. The van der Waals surface area contributed by atoms with Crippen molar-refractivity contribution < 1.29 is 4.74 Å². The number of ether oxygens (including phenoxy) is 1. The van der Waals surface area contributed by atoms with Crippen molar-refractivity contribution in [1.29, 1.82) is 0 Å². The van der Waals surface area contributed by atoms with Crippen LogP contribution in [0.25, 0.3) is 11.1 Å². The van der Waals surface area contributed by atoms with Gasteiger partial charge in [-0.1, -0.05) is 0 Å². The summed E-state index contributed by atoms with van der Waals surface area (Å²) in [4.78, 5) is 4.01. The maximum absolute atomic E-state index is 5.95. The zero-order valence-electron chi connectivity index (χ0n) is 11.3. The van der Waals surface area contributed by atoms with Gasteiger partial charge in [-0.25, -0.2) is 0 Å². The number of nitrogens with one attached hydrogen (secondary N) is 1. The summed E-state index contributed by atoms with van der Waals surface area (Å²) in [5.41, 5.74) is 7.65. The van der Waals surface area contributed by atoms with Crippen molar-refractivity contribution in [2.45, 2.75) is 19.4 Å². The maximum atomic E-state index is 5.95. The smallest absolute Gasteiger partial charge is 0.147 e. The fourth-order valence-corrected chi connectivity index (χ4v) is 2.32. The van der Waals surface area contributed by atoms with Gasteiger partial charge in [0.2, 0.25) is 0 Å². The van der Waals surface area contributed by atoms with Gasteiger partial charge < -0.3 is 15.8 Å². The van der Waals surface area contributed by atoms with Crippen LogP contribution in [0.3, 0.4) is 0 Å². The maximum Gasteiger partial charge on any atom is 0.147 e. The SMILES string of the molecule is COC(C)(C)CNc1snc(N)c1-c1ccncc1. The van der Waals surface area contributed by atoms with Crippen LogP contribution < -0.4 is 11.1 Å². The summed E-state index contributed by atoms with van der Waals surface area (Å²) >= 11 is 1.36. The molecular formula is C13H18N4OS. The molecule has 0 aliphatic rings. The molecule has 0 amide bonds. The van der Waals surface area contributed by atoms with Crippen LogP contribution >= 0.6 is 11.5 Å². The van der Waals surface area contributed by atoms with Crippen molar-refractivity contribution in [3.8, 4) is 11.1 Å². The van der Waals surface area contributed by atoms with E-state index in [4.69, 9.17) is 10.5 Å². The van der Waals surface area contributed by atoms with E-state index in [1.807, 2.05) is 26.0 Å². The molecule has 0 spiro atoms. The number of rotatable bonds is 5. The summed E-state index contributed by atoms with van der Waals surface area (Å²) in [7, 11) is 1.70. The third-order valence-electron chi connectivity index (χ3n) is 2.91. The molecule has 19 heavy (non-hydrogen) atoms. The molecule has 0 aliphatic carbocycles. The number of hydrogen-bond acceptors (Lipinski definition) is 6. The van der Waals surface area contributed by atoms with Gasteiger partial charge in [-0.15, -0.1) is 0 Å². The molecule has 0 bridgehead atoms. The van der Waals surface area contributed by atoms with Crippen LogP contribution in [0.4, 0.5) is 10.8 Å². The van der Waals surface area contributed by atoms with Crippen molar-refractivity contribution in [1.82, 2.24) is 9.36 Å². The molecule has 3 N–H and O–H groups in total. The van der Waals surface area contributed by atoms with Crippen molar-refractivity contribution in [2.24, 2.45) is 0 Å². The summed E-state index contributed by atoms with van der Waals surface area (Å²) in [6, 6.07) is 3.85. The normalized spacial score (nSPS) is 11.5. The first-order chi connectivity index (χ1) is 9.03. The molecule has 2 aromatic rings. The molecule has 0 saturated carbocycles. The van der Waals surface area contributed by atoms with Crippen LogP contribution in [0.2, 0.25) is 0 Å². The van der Waals surface area contributed by atoms with Crippen LogP contribution in [-0.2, 0) is 4.74 Å². The Morgan fingerprint density at radius 3 is 2.68 bits per heavy atom.